The highest BCUT2D eigenvalue weighted by atomic mass is 15.3. The van der Waals surface area contributed by atoms with Crippen molar-refractivity contribution in [3.63, 3.8) is 0 Å². The standard InChI is InChI=1S/C13H12N6/c14-9-19(10-4-2-1-3-5-10)13-17-8-11-12(18-13)16-7-6-15-11/h1-8H,9,14H2/i7D. The summed E-state index contributed by atoms with van der Waals surface area (Å²) in [6, 6.07) is 9.61. The summed E-state index contributed by atoms with van der Waals surface area (Å²) in [6.07, 6.45) is 3.01. The topological polar surface area (TPSA) is 80.8 Å². The average molecular weight is 253 g/mol. The van der Waals surface area contributed by atoms with Crippen molar-refractivity contribution in [2.75, 3.05) is 11.6 Å². The summed E-state index contributed by atoms with van der Waals surface area (Å²) in [5, 5.41) is 0. The van der Waals surface area contributed by atoms with Gasteiger partial charge in [-0.2, -0.15) is 4.98 Å². The lowest BCUT2D eigenvalue weighted by Gasteiger charge is -2.20. The van der Waals surface area contributed by atoms with Crippen LogP contribution in [0, 0.1) is 0 Å². The summed E-state index contributed by atoms with van der Waals surface area (Å²) in [5.74, 6) is 0.436. The Balaban J connectivity index is 2.08. The Hall–Kier alpha value is -2.60. The maximum Gasteiger partial charge on any atom is 0.233 e. The molecule has 0 amide bonds. The molecule has 3 rings (SSSR count). The van der Waals surface area contributed by atoms with Gasteiger partial charge in [-0.25, -0.2) is 15.0 Å². The average Bonchev–Trinajstić information content (AvgIpc) is 2.49. The Morgan fingerprint density at radius 2 is 2.00 bits per heavy atom. The Kier molecular flexibility index (Phi) is 2.69. The van der Waals surface area contributed by atoms with E-state index in [1.807, 2.05) is 30.3 Å². The summed E-state index contributed by atoms with van der Waals surface area (Å²) < 4.78 is 7.49. The van der Waals surface area contributed by atoms with Crippen LogP contribution in [-0.2, 0) is 0 Å². The van der Waals surface area contributed by atoms with Crippen LogP contribution in [0.1, 0.15) is 1.37 Å². The van der Waals surface area contributed by atoms with Crippen LogP contribution in [-0.4, -0.2) is 26.6 Å². The van der Waals surface area contributed by atoms with Gasteiger partial charge < -0.3 is 5.73 Å². The number of fused-ring (bicyclic) bond motifs is 1. The molecule has 0 unspecified atom stereocenters. The zero-order chi connectivity index (χ0) is 13.9. The van der Waals surface area contributed by atoms with Gasteiger partial charge in [-0.05, 0) is 12.1 Å². The molecule has 2 heterocycles. The van der Waals surface area contributed by atoms with Crippen LogP contribution in [0.4, 0.5) is 11.6 Å². The van der Waals surface area contributed by atoms with E-state index in [2.05, 4.69) is 19.9 Å². The number of anilines is 2. The van der Waals surface area contributed by atoms with Crippen LogP contribution in [0.15, 0.2) is 48.9 Å². The molecule has 0 bridgehead atoms. The smallest absolute Gasteiger partial charge is 0.233 e. The van der Waals surface area contributed by atoms with Gasteiger partial charge in [0.25, 0.3) is 0 Å². The third-order valence-electron chi connectivity index (χ3n) is 2.66. The van der Waals surface area contributed by atoms with Crippen LogP contribution in [0.25, 0.3) is 11.2 Å². The van der Waals surface area contributed by atoms with Gasteiger partial charge in [-0.3, -0.25) is 4.90 Å². The maximum absolute atomic E-state index is 7.49. The zero-order valence-electron chi connectivity index (χ0n) is 11.1. The van der Waals surface area contributed by atoms with E-state index < -0.39 is 0 Å². The molecule has 0 aliphatic carbocycles. The maximum atomic E-state index is 7.49. The molecular weight excluding hydrogens is 240 g/mol. The lowest BCUT2D eigenvalue weighted by atomic mass is 10.3. The van der Waals surface area contributed by atoms with Crippen molar-refractivity contribution in [3.05, 3.63) is 48.9 Å². The van der Waals surface area contributed by atoms with Crippen molar-refractivity contribution >= 4 is 22.8 Å². The summed E-state index contributed by atoms with van der Waals surface area (Å²) in [4.78, 5) is 18.4. The highest BCUT2D eigenvalue weighted by Crippen LogP contribution is 2.20. The Labute approximate surface area is 111 Å². The molecule has 0 aliphatic rings. The van der Waals surface area contributed by atoms with Crippen LogP contribution in [0.5, 0.6) is 0 Å². The number of para-hydroxylation sites is 1. The number of nitrogens with two attached hydrogens (primary N) is 1. The van der Waals surface area contributed by atoms with Gasteiger partial charge in [-0.1, -0.05) is 18.2 Å². The summed E-state index contributed by atoms with van der Waals surface area (Å²) >= 11 is 0. The fourth-order valence-electron chi connectivity index (χ4n) is 1.76. The predicted molar refractivity (Wildman–Crippen MR) is 72.8 cm³/mol. The molecule has 0 atom stereocenters. The second-order valence-electron chi connectivity index (χ2n) is 3.82. The Bertz CT molecular complexity index is 733. The zero-order valence-corrected chi connectivity index (χ0v) is 10.1. The SMILES string of the molecule is [2H]c1cnc2cnc(N(CN)c3ccccc3)nc2n1. The van der Waals surface area contributed by atoms with Crippen molar-refractivity contribution in [2.45, 2.75) is 0 Å². The first-order valence-corrected chi connectivity index (χ1v) is 5.77. The minimum absolute atomic E-state index is 0.0705. The highest BCUT2D eigenvalue weighted by molar-refractivity contribution is 5.70. The molecule has 0 saturated heterocycles. The molecule has 0 fully saturated rings. The number of benzene rings is 1. The lowest BCUT2D eigenvalue weighted by molar-refractivity contribution is 0.924. The summed E-state index contributed by atoms with van der Waals surface area (Å²) in [6.45, 7) is 0.240. The number of rotatable bonds is 3. The molecule has 0 radical (unpaired) electrons. The van der Waals surface area contributed by atoms with Crippen molar-refractivity contribution in [1.29, 1.82) is 0 Å². The van der Waals surface area contributed by atoms with Crippen molar-refractivity contribution < 1.29 is 1.37 Å². The molecule has 2 aromatic heterocycles. The predicted octanol–water partition coefficient (Wildman–Crippen LogP) is 1.47. The van der Waals surface area contributed by atoms with Crippen LogP contribution in [0.3, 0.4) is 0 Å². The molecule has 94 valence electrons. The molecule has 19 heavy (non-hydrogen) atoms. The van der Waals surface area contributed by atoms with Crippen LogP contribution in [0.2, 0.25) is 0 Å². The fourth-order valence-corrected chi connectivity index (χ4v) is 1.76. The van der Waals surface area contributed by atoms with Crippen molar-refractivity contribution in [1.82, 2.24) is 19.9 Å². The van der Waals surface area contributed by atoms with Crippen molar-refractivity contribution in [3.8, 4) is 0 Å². The molecule has 0 saturated carbocycles. The fraction of sp³-hybridized carbons (Fsp3) is 0.0769. The van der Waals surface area contributed by atoms with Gasteiger partial charge in [0.2, 0.25) is 5.95 Å². The molecular formula is C13H12N6. The van der Waals surface area contributed by atoms with E-state index in [0.717, 1.165) is 5.69 Å². The van der Waals surface area contributed by atoms with Crippen LogP contribution >= 0.6 is 0 Å². The molecule has 1 aromatic carbocycles. The van der Waals surface area contributed by atoms with E-state index in [9.17, 15) is 0 Å². The lowest BCUT2D eigenvalue weighted by Crippen LogP contribution is -2.26. The van der Waals surface area contributed by atoms with E-state index in [0.29, 0.717) is 17.1 Å². The van der Waals surface area contributed by atoms with E-state index in [-0.39, 0.29) is 12.8 Å². The first-order valence-electron chi connectivity index (χ1n) is 6.27. The second-order valence-corrected chi connectivity index (χ2v) is 3.82. The van der Waals surface area contributed by atoms with E-state index >= 15 is 0 Å². The van der Waals surface area contributed by atoms with E-state index in [1.165, 1.54) is 6.20 Å². The van der Waals surface area contributed by atoms with Crippen LogP contribution < -0.4 is 10.6 Å². The first-order chi connectivity index (χ1) is 9.78. The normalized spacial score (nSPS) is 11.3. The number of hydrogen-bond acceptors (Lipinski definition) is 6. The number of aromatic nitrogens is 4. The van der Waals surface area contributed by atoms with Gasteiger partial charge in [0.15, 0.2) is 5.65 Å². The quantitative estimate of drug-likeness (QED) is 0.712. The minimum atomic E-state index is 0.0705. The second kappa shape index (κ2) is 4.95. The van der Waals surface area contributed by atoms with E-state index in [4.69, 9.17) is 7.10 Å². The van der Waals surface area contributed by atoms with Gasteiger partial charge in [0.1, 0.15) is 5.52 Å². The van der Waals surface area contributed by atoms with Gasteiger partial charge in [-0.15, -0.1) is 0 Å². The highest BCUT2D eigenvalue weighted by Gasteiger charge is 2.11. The number of hydrogen-bond donors (Lipinski definition) is 1. The Morgan fingerprint density at radius 1 is 1.16 bits per heavy atom. The van der Waals surface area contributed by atoms with Gasteiger partial charge >= 0.3 is 0 Å². The molecule has 0 aliphatic heterocycles. The largest absolute Gasteiger partial charge is 0.313 e. The van der Waals surface area contributed by atoms with Gasteiger partial charge in [0, 0.05) is 18.1 Å². The first kappa shape index (κ1) is 10.3. The monoisotopic (exact) mass is 253 g/mol. The van der Waals surface area contributed by atoms with Crippen molar-refractivity contribution in [2.24, 2.45) is 5.73 Å². The molecule has 6 heteroatoms. The van der Waals surface area contributed by atoms with Gasteiger partial charge in [0.05, 0.1) is 14.2 Å². The third-order valence-corrected chi connectivity index (χ3v) is 2.66. The van der Waals surface area contributed by atoms with E-state index in [1.54, 1.807) is 11.1 Å². The third kappa shape index (κ3) is 2.21. The molecule has 6 nitrogen and oxygen atoms in total. The number of nitrogens with zero attached hydrogens (tertiary/aromatic N) is 5. The summed E-state index contributed by atoms with van der Waals surface area (Å²) in [7, 11) is 0. The summed E-state index contributed by atoms with van der Waals surface area (Å²) in [5.41, 5.74) is 7.61. The molecule has 3 aromatic rings. The minimum Gasteiger partial charge on any atom is -0.313 e. The molecule has 0 spiro atoms. The molecule has 2 N–H and O–H groups in total. The Morgan fingerprint density at radius 3 is 2.79 bits per heavy atom.